The molecule has 0 spiro atoms. The van der Waals surface area contributed by atoms with Crippen LogP contribution in [0.1, 0.15) is 73.9 Å². The molecule has 1 aromatic carbocycles. The summed E-state index contributed by atoms with van der Waals surface area (Å²) < 4.78 is 0. The van der Waals surface area contributed by atoms with Crippen molar-refractivity contribution in [1.29, 1.82) is 0 Å². The Kier molecular flexibility index (Phi) is 9.17. The first kappa shape index (κ1) is 24.9. The molecule has 3 heterocycles. The fourth-order valence-corrected chi connectivity index (χ4v) is 6.16. The highest BCUT2D eigenvalue weighted by atomic mass is 32.1. The maximum Gasteiger partial charge on any atom is 0.236 e. The van der Waals surface area contributed by atoms with E-state index in [-0.39, 0.29) is 17.9 Å². The molecule has 1 fully saturated rings. The molecule has 0 aliphatic carbocycles. The lowest BCUT2D eigenvalue weighted by molar-refractivity contribution is -0.140. The third-order valence-corrected chi connectivity index (χ3v) is 8.25. The summed E-state index contributed by atoms with van der Waals surface area (Å²) in [4.78, 5) is 33.5. The van der Waals surface area contributed by atoms with Crippen LogP contribution < -0.4 is 0 Å². The van der Waals surface area contributed by atoms with Crippen LogP contribution in [0.4, 0.5) is 0 Å². The zero-order valence-corrected chi connectivity index (χ0v) is 21.4. The maximum atomic E-state index is 13.3. The van der Waals surface area contributed by atoms with Crippen molar-refractivity contribution < 1.29 is 9.59 Å². The van der Waals surface area contributed by atoms with Crippen LogP contribution in [0.2, 0.25) is 0 Å². The fourth-order valence-electron chi connectivity index (χ4n) is 5.26. The Morgan fingerprint density at radius 3 is 2.26 bits per heavy atom. The van der Waals surface area contributed by atoms with Crippen LogP contribution in [0.3, 0.4) is 0 Å². The Bertz CT molecular complexity index is 921. The minimum atomic E-state index is 0.139. The van der Waals surface area contributed by atoms with Gasteiger partial charge in [0.25, 0.3) is 0 Å². The Morgan fingerprint density at radius 2 is 1.53 bits per heavy atom. The van der Waals surface area contributed by atoms with Crippen LogP contribution >= 0.6 is 11.3 Å². The number of piperazine rings is 1. The standard InChI is InChI=1S/C28H39N3O2S/c1-2-3-4-5-6-10-13-26(32)29-17-19-30(20-18-29)27(33)22-31-16-14-25-24(15-21-34-25)28(31)23-11-8-7-9-12-23/h7-9,11-12,15,21,28H,2-6,10,13-14,16-20,22H2,1H3. The number of hydrogen-bond acceptors (Lipinski definition) is 4. The van der Waals surface area contributed by atoms with Crippen molar-refractivity contribution >= 4 is 23.2 Å². The molecule has 4 rings (SSSR count). The molecule has 0 N–H and O–H groups in total. The number of carbonyl (C=O) groups is 2. The average Bonchev–Trinajstić information content (AvgIpc) is 3.35. The fraction of sp³-hybridized carbons (Fsp3) is 0.571. The molecular formula is C28H39N3O2S. The van der Waals surface area contributed by atoms with Crippen molar-refractivity contribution in [2.75, 3.05) is 39.3 Å². The summed E-state index contributed by atoms with van der Waals surface area (Å²) in [5, 5.41) is 2.17. The SMILES string of the molecule is CCCCCCCCC(=O)N1CCN(C(=O)CN2CCc3sccc3C2c2ccccc2)CC1. The molecule has 2 aliphatic rings. The molecule has 184 valence electrons. The number of carbonyl (C=O) groups excluding carboxylic acids is 2. The molecule has 34 heavy (non-hydrogen) atoms. The van der Waals surface area contributed by atoms with Crippen molar-refractivity contribution in [2.45, 2.75) is 64.3 Å². The van der Waals surface area contributed by atoms with Crippen LogP contribution in [0.5, 0.6) is 0 Å². The van der Waals surface area contributed by atoms with Crippen LogP contribution in [0.15, 0.2) is 41.8 Å². The zero-order valence-electron chi connectivity index (χ0n) is 20.6. The van der Waals surface area contributed by atoms with E-state index in [1.54, 1.807) is 0 Å². The molecule has 1 unspecified atom stereocenters. The molecule has 6 heteroatoms. The van der Waals surface area contributed by atoms with Gasteiger partial charge >= 0.3 is 0 Å². The third kappa shape index (κ3) is 6.28. The van der Waals surface area contributed by atoms with E-state index in [0.717, 1.165) is 25.8 Å². The van der Waals surface area contributed by atoms with Gasteiger partial charge in [0.15, 0.2) is 0 Å². The molecule has 2 aliphatic heterocycles. The highest BCUT2D eigenvalue weighted by molar-refractivity contribution is 7.10. The highest BCUT2D eigenvalue weighted by Crippen LogP contribution is 2.37. The van der Waals surface area contributed by atoms with Gasteiger partial charge in [0.2, 0.25) is 11.8 Å². The largest absolute Gasteiger partial charge is 0.339 e. The van der Waals surface area contributed by atoms with E-state index in [1.165, 1.54) is 41.7 Å². The predicted molar refractivity (Wildman–Crippen MR) is 139 cm³/mol. The van der Waals surface area contributed by atoms with Gasteiger partial charge in [0.05, 0.1) is 12.6 Å². The zero-order chi connectivity index (χ0) is 23.8. The van der Waals surface area contributed by atoms with Gasteiger partial charge in [-0.3, -0.25) is 14.5 Å². The van der Waals surface area contributed by atoms with E-state index in [1.807, 2.05) is 27.2 Å². The predicted octanol–water partition coefficient (Wildman–Crippen LogP) is 5.12. The van der Waals surface area contributed by atoms with Crippen LogP contribution in [0, 0.1) is 0 Å². The normalized spacial score (nSPS) is 18.7. The summed E-state index contributed by atoms with van der Waals surface area (Å²) in [7, 11) is 0. The van der Waals surface area contributed by atoms with Gasteiger partial charge in [0.1, 0.15) is 0 Å². The van der Waals surface area contributed by atoms with Crippen molar-refractivity contribution in [3.8, 4) is 0 Å². The molecule has 1 saturated heterocycles. The quantitative estimate of drug-likeness (QED) is 0.443. The van der Waals surface area contributed by atoms with Gasteiger partial charge in [-0.1, -0.05) is 69.4 Å². The highest BCUT2D eigenvalue weighted by Gasteiger charge is 2.32. The first-order valence-corrected chi connectivity index (χ1v) is 14.0. The summed E-state index contributed by atoms with van der Waals surface area (Å²) in [6.07, 6.45) is 8.85. The summed E-state index contributed by atoms with van der Waals surface area (Å²) in [6, 6.07) is 12.9. The summed E-state index contributed by atoms with van der Waals surface area (Å²) in [5.74, 6) is 0.440. The monoisotopic (exact) mass is 481 g/mol. The smallest absolute Gasteiger partial charge is 0.236 e. The third-order valence-electron chi connectivity index (χ3n) is 7.25. The molecule has 0 radical (unpaired) electrons. The van der Waals surface area contributed by atoms with Crippen molar-refractivity contribution in [2.24, 2.45) is 0 Å². The van der Waals surface area contributed by atoms with E-state index in [2.05, 4.69) is 47.5 Å². The van der Waals surface area contributed by atoms with Gasteiger partial charge in [0, 0.05) is 44.0 Å². The number of fused-ring (bicyclic) bond motifs is 1. The number of thiophene rings is 1. The number of nitrogens with zero attached hydrogens (tertiary/aromatic N) is 3. The van der Waals surface area contributed by atoms with Crippen LogP contribution in [-0.4, -0.2) is 65.8 Å². The molecule has 2 aromatic rings. The lowest BCUT2D eigenvalue weighted by Gasteiger charge is -2.39. The summed E-state index contributed by atoms with van der Waals surface area (Å²) in [6.45, 7) is 6.18. The van der Waals surface area contributed by atoms with E-state index >= 15 is 0 Å². The Balaban J connectivity index is 1.27. The Hall–Kier alpha value is -2.18. The van der Waals surface area contributed by atoms with Gasteiger partial charge in [-0.2, -0.15) is 0 Å². The summed E-state index contributed by atoms with van der Waals surface area (Å²) >= 11 is 1.83. The average molecular weight is 482 g/mol. The van der Waals surface area contributed by atoms with E-state index in [9.17, 15) is 9.59 Å². The van der Waals surface area contributed by atoms with Crippen molar-refractivity contribution in [1.82, 2.24) is 14.7 Å². The second kappa shape index (κ2) is 12.5. The molecule has 0 bridgehead atoms. The lowest BCUT2D eigenvalue weighted by Crippen LogP contribution is -2.53. The Morgan fingerprint density at radius 1 is 0.853 bits per heavy atom. The lowest BCUT2D eigenvalue weighted by atomic mass is 9.93. The first-order chi connectivity index (χ1) is 16.7. The first-order valence-electron chi connectivity index (χ1n) is 13.1. The Labute approximate surface area is 208 Å². The van der Waals surface area contributed by atoms with Crippen LogP contribution in [0.25, 0.3) is 0 Å². The second-order valence-electron chi connectivity index (χ2n) is 9.61. The van der Waals surface area contributed by atoms with E-state index in [0.29, 0.717) is 39.1 Å². The topological polar surface area (TPSA) is 43.9 Å². The number of hydrogen-bond donors (Lipinski definition) is 0. The number of benzene rings is 1. The molecule has 1 aromatic heterocycles. The molecule has 5 nitrogen and oxygen atoms in total. The molecular weight excluding hydrogens is 442 g/mol. The molecule has 0 saturated carbocycles. The maximum absolute atomic E-state index is 13.3. The number of amides is 2. The van der Waals surface area contributed by atoms with Crippen molar-refractivity contribution in [3.63, 3.8) is 0 Å². The van der Waals surface area contributed by atoms with Gasteiger partial charge in [-0.25, -0.2) is 0 Å². The molecule has 2 amide bonds. The van der Waals surface area contributed by atoms with Gasteiger partial charge in [-0.15, -0.1) is 11.3 Å². The minimum absolute atomic E-state index is 0.139. The number of rotatable bonds is 10. The van der Waals surface area contributed by atoms with Crippen molar-refractivity contribution in [3.05, 3.63) is 57.8 Å². The van der Waals surface area contributed by atoms with Gasteiger partial charge < -0.3 is 9.80 Å². The van der Waals surface area contributed by atoms with E-state index in [4.69, 9.17) is 0 Å². The minimum Gasteiger partial charge on any atom is -0.339 e. The second-order valence-corrected chi connectivity index (χ2v) is 10.6. The summed E-state index contributed by atoms with van der Waals surface area (Å²) in [5.41, 5.74) is 2.60. The number of unbranched alkanes of at least 4 members (excludes halogenated alkanes) is 5. The van der Waals surface area contributed by atoms with Crippen LogP contribution in [-0.2, 0) is 16.0 Å². The van der Waals surface area contributed by atoms with E-state index < -0.39 is 0 Å². The van der Waals surface area contributed by atoms with Gasteiger partial charge in [-0.05, 0) is 35.4 Å². The molecule has 1 atom stereocenters.